The fraction of sp³-hybridized carbons (Fsp3) is 0.591. The second-order valence-electron chi connectivity index (χ2n) is 8.30. The van der Waals surface area contributed by atoms with E-state index < -0.39 is 11.9 Å². The van der Waals surface area contributed by atoms with Gasteiger partial charge >= 0.3 is 5.97 Å². The molecule has 1 aliphatic heterocycles. The van der Waals surface area contributed by atoms with E-state index in [1.165, 1.54) is 6.42 Å². The number of carbonyl (C=O) groups excluding carboxylic acids is 3. The highest BCUT2D eigenvalue weighted by Gasteiger charge is 2.42. The van der Waals surface area contributed by atoms with Gasteiger partial charge in [-0.2, -0.15) is 0 Å². The summed E-state index contributed by atoms with van der Waals surface area (Å²) in [4.78, 5) is 38.8. The van der Waals surface area contributed by atoms with E-state index in [-0.39, 0.29) is 30.9 Å². The number of amides is 2. The molecule has 1 N–H and O–H groups in total. The molecule has 0 radical (unpaired) electrons. The fourth-order valence-corrected chi connectivity index (χ4v) is 4.29. The van der Waals surface area contributed by atoms with Crippen molar-refractivity contribution in [3.63, 3.8) is 0 Å². The molecule has 1 aromatic carbocycles. The maximum atomic E-state index is 12.5. The number of esters is 1. The summed E-state index contributed by atoms with van der Waals surface area (Å²) in [5.41, 5.74) is 1.76. The summed E-state index contributed by atoms with van der Waals surface area (Å²) in [6.07, 6.45) is 3.49. The van der Waals surface area contributed by atoms with Crippen LogP contribution in [0.1, 0.15) is 45.1 Å². The van der Waals surface area contributed by atoms with Crippen LogP contribution in [0.3, 0.4) is 0 Å². The Kier molecular flexibility index (Phi) is 6.37. The Morgan fingerprint density at radius 1 is 1.18 bits per heavy atom. The molecule has 0 bridgehead atoms. The third-order valence-electron chi connectivity index (χ3n) is 6.24. The molecule has 2 aliphatic rings. The summed E-state index contributed by atoms with van der Waals surface area (Å²) in [6, 6.07) is 7.60. The second-order valence-corrected chi connectivity index (χ2v) is 8.30. The summed E-state index contributed by atoms with van der Waals surface area (Å²) in [5.74, 6) is -0.281. The van der Waals surface area contributed by atoms with Gasteiger partial charge < -0.3 is 15.0 Å². The predicted molar refractivity (Wildman–Crippen MR) is 107 cm³/mol. The molecular weight excluding hydrogens is 356 g/mol. The zero-order valence-electron chi connectivity index (χ0n) is 16.9. The largest absolute Gasteiger partial charge is 0.455 e. The van der Waals surface area contributed by atoms with Crippen molar-refractivity contribution in [3.05, 3.63) is 29.8 Å². The van der Waals surface area contributed by atoms with Gasteiger partial charge in [0.2, 0.25) is 5.91 Å². The summed E-state index contributed by atoms with van der Waals surface area (Å²) in [7, 11) is 0. The zero-order valence-corrected chi connectivity index (χ0v) is 16.9. The second kappa shape index (κ2) is 8.76. The highest BCUT2D eigenvalue weighted by Crippen LogP contribution is 2.35. The molecule has 4 atom stereocenters. The van der Waals surface area contributed by atoms with Crippen molar-refractivity contribution in [2.24, 2.45) is 17.8 Å². The van der Waals surface area contributed by atoms with E-state index in [4.69, 9.17) is 4.74 Å². The lowest BCUT2D eigenvalue weighted by Gasteiger charge is -2.39. The number of likely N-dealkylation sites (tertiary alicyclic amines) is 1. The van der Waals surface area contributed by atoms with Gasteiger partial charge in [0.25, 0.3) is 5.91 Å². The van der Waals surface area contributed by atoms with Crippen LogP contribution >= 0.6 is 0 Å². The van der Waals surface area contributed by atoms with Gasteiger partial charge in [0.15, 0.2) is 6.61 Å². The average Bonchev–Trinajstić information content (AvgIpc) is 3.05. The van der Waals surface area contributed by atoms with Crippen molar-refractivity contribution in [1.82, 2.24) is 4.90 Å². The van der Waals surface area contributed by atoms with E-state index in [1.54, 1.807) is 12.1 Å². The van der Waals surface area contributed by atoms with Crippen LogP contribution in [0.4, 0.5) is 5.69 Å². The maximum absolute atomic E-state index is 12.5. The third kappa shape index (κ3) is 4.72. The Hall–Kier alpha value is -2.37. The fourth-order valence-electron chi connectivity index (χ4n) is 4.29. The summed E-state index contributed by atoms with van der Waals surface area (Å²) in [6.45, 7) is 6.46. The molecule has 1 saturated heterocycles. The summed E-state index contributed by atoms with van der Waals surface area (Å²) >= 11 is 0. The van der Waals surface area contributed by atoms with E-state index in [9.17, 15) is 14.4 Å². The summed E-state index contributed by atoms with van der Waals surface area (Å²) < 4.78 is 5.19. The topological polar surface area (TPSA) is 75.7 Å². The normalized spacial score (nSPS) is 27.5. The number of nitrogens with zero attached hydrogens (tertiary/aromatic N) is 1. The first-order valence-corrected chi connectivity index (χ1v) is 10.2. The molecule has 1 aromatic rings. The van der Waals surface area contributed by atoms with E-state index in [2.05, 4.69) is 19.2 Å². The van der Waals surface area contributed by atoms with Crippen molar-refractivity contribution in [2.75, 3.05) is 18.5 Å². The monoisotopic (exact) mass is 386 g/mol. The number of hydrogen-bond donors (Lipinski definition) is 1. The number of hydrogen-bond acceptors (Lipinski definition) is 4. The molecule has 0 spiro atoms. The lowest BCUT2D eigenvalue weighted by molar-refractivity contribution is -0.151. The lowest BCUT2D eigenvalue weighted by Crippen LogP contribution is -2.45. The number of ether oxygens (including phenoxy) is 1. The minimum Gasteiger partial charge on any atom is -0.455 e. The van der Waals surface area contributed by atoms with Gasteiger partial charge in [0, 0.05) is 24.7 Å². The SMILES string of the molecule is Cc1ccc(NC(=O)COC(=O)[C@@H]2CC(=O)N([C@@H]3CCC[C@H](C)[C@@H]3C)C2)cc1. The van der Waals surface area contributed by atoms with Crippen LogP contribution in [0.2, 0.25) is 0 Å². The van der Waals surface area contributed by atoms with Crippen LogP contribution in [-0.4, -0.2) is 41.9 Å². The first-order chi connectivity index (χ1) is 13.3. The Morgan fingerprint density at radius 2 is 1.89 bits per heavy atom. The molecule has 6 nitrogen and oxygen atoms in total. The molecular formula is C22H30N2O4. The van der Waals surface area contributed by atoms with E-state index in [0.29, 0.717) is 24.1 Å². The third-order valence-corrected chi connectivity index (χ3v) is 6.24. The highest BCUT2D eigenvalue weighted by atomic mass is 16.5. The molecule has 1 heterocycles. The summed E-state index contributed by atoms with van der Waals surface area (Å²) in [5, 5.41) is 2.70. The quantitative estimate of drug-likeness (QED) is 0.789. The van der Waals surface area contributed by atoms with Crippen LogP contribution in [0, 0.1) is 24.7 Å². The smallest absolute Gasteiger partial charge is 0.311 e. The van der Waals surface area contributed by atoms with Crippen LogP contribution in [-0.2, 0) is 19.1 Å². The first-order valence-electron chi connectivity index (χ1n) is 10.2. The van der Waals surface area contributed by atoms with Gasteiger partial charge in [-0.1, -0.05) is 44.4 Å². The standard InChI is InChI=1S/C22H30N2O4/c1-14-7-9-18(10-8-14)23-20(25)13-28-22(27)17-11-21(26)24(12-17)19-6-4-5-15(2)16(19)3/h7-10,15-17,19H,4-6,11-13H2,1-3H3,(H,23,25)/t15-,16-,17+,19+/m0/s1. The highest BCUT2D eigenvalue weighted by molar-refractivity contribution is 5.93. The van der Waals surface area contributed by atoms with Gasteiger partial charge in [-0.15, -0.1) is 0 Å². The molecule has 1 aliphatic carbocycles. The number of aryl methyl sites for hydroxylation is 1. The van der Waals surface area contributed by atoms with E-state index >= 15 is 0 Å². The predicted octanol–water partition coefficient (Wildman–Crippen LogP) is 3.15. The molecule has 28 heavy (non-hydrogen) atoms. The molecule has 0 aromatic heterocycles. The Balaban J connectivity index is 1.49. The molecule has 2 fully saturated rings. The number of anilines is 1. The van der Waals surface area contributed by atoms with Crippen LogP contribution < -0.4 is 5.32 Å². The van der Waals surface area contributed by atoms with E-state index in [0.717, 1.165) is 18.4 Å². The average molecular weight is 386 g/mol. The van der Waals surface area contributed by atoms with Gasteiger partial charge in [-0.05, 0) is 37.3 Å². The first kappa shape index (κ1) is 20.4. The minimum atomic E-state index is -0.482. The van der Waals surface area contributed by atoms with E-state index in [1.807, 2.05) is 24.0 Å². The molecule has 6 heteroatoms. The van der Waals surface area contributed by atoms with Crippen molar-refractivity contribution in [3.8, 4) is 0 Å². The van der Waals surface area contributed by atoms with Crippen molar-refractivity contribution >= 4 is 23.5 Å². The lowest BCUT2D eigenvalue weighted by atomic mass is 9.77. The van der Waals surface area contributed by atoms with Gasteiger partial charge in [0.05, 0.1) is 5.92 Å². The van der Waals surface area contributed by atoms with Crippen LogP contribution in [0.15, 0.2) is 24.3 Å². The maximum Gasteiger partial charge on any atom is 0.311 e. The molecule has 3 rings (SSSR count). The van der Waals surface area contributed by atoms with Crippen LogP contribution in [0.5, 0.6) is 0 Å². The van der Waals surface area contributed by atoms with Crippen LogP contribution in [0.25, 0.3) is 0 Å². The van der Waals surface area contributed by atoms with Gasteiger partial charge in [-0.3, -0.25) is 14.4 Å². The van der Waals surface area contributed by atoms with Gasteiger partial charge in [0.1, 0.15) is 0 Å². The molecule has 2 amide bonds. The molecule has 1 saturated carbocycles. The molecule has 0 unspecified atom stereocenters. The molecule has 152 valence electrons. The zero-order chi connectivity index (χ0) is 20.3. The number of nitrogens with one attached hydrogen (secondary N) is 1. The number of carbonyl (C=O) groups is 3. The Bertz CT molecular complexity index is 731. The Morgan fingerprint density at radius 3 is 2.61 bits per heavy atom. The minimum absolute atomic E-state index is 0.0250. The van der Waals surface area contributed by atoms with Crippen molar-refractivity contribution < 1.29 is 19.1 Å². The Labute approximate surface area is 166 Å². The van der Waals surface area contributed by atoms with Gasteiger partial charge in [-0.25, -0.2) is 0 Å². The van der Waals surface area contributed by atoms with Crippen molar-refractivity contribution in [1.29, 1.82) is 0 Å². The number of benzene rings is 1. The number of rotatable bonds is 5. The van der Waals surface area contributed by atoms with Crippen molar-refractivity contribution in [2.45, 2.75) is 52.5 Å².